The van der Waals surface area contributed by atoms with Crippen molar-refractivity contribution in [2.75, 3.05) is 0 Å². The van der Waals surface area contributed by atoms with E-state index >= 15 is 0 Å². The summed E-state index contributed by atoms with van der Waals surface area (Å²) in [7, 11) is 0. The molecule has 1 N–H and O–H groups in total. The molecule has 0 aromatic heterocycles. The number of hydrogen-bond donors (Lipinski definition) is 1. The molecule has 3 aliphatic rings. The van der Waals surface area contributed by atoms with Crippen LogP contribution in [0.2, 0.25) is 0 Å². The SMILES string of the molecule is O=C1N[C@H]2C/C=C\C[C@@H]1N(Cc1ccc3ccccc3c1)C2=O. The quantitative estimate of drug-likeness (QED) is 0.866. The summed E-state index contributed by atoms with van der Waals surface area (Å²) in [6.07, 6.45) is 5.15. The Morgan fingerprint density at radius 1 is 1.00 bits per heavy atom. The summed E-state index contributed by atoms with van der Waals surface area (Å²) < 4.78 is 0. The van der Waals surface area contributed by atoms with Crippen molar-refractivity contribution >= 4 is 22.6 Å². The van der Waals surface area contributed by atoms with Gasteiger partial charge in [0.15, 0.2) is 0 Å². The highest BCUT2D eigenvalue weighted by molar-refractivity contribution is 5.97. The molecule has 5 rings (SSSR count). The Labute approximate surface area is 134 Å². The number of benzene rings is 2. The highest BCUT2D eigenvalue weighted by Gasteiger charge is 2.40. The number of carbonyl (C=O) groups excluding carboxylic acids is 2. The van der Waals surface area contributed by atoms with Gasteiger partial charge in [0.1, 0.15) is 12.1 Å². The third-order valence-electron chi connectivity index (χ3n) is 4.64. The fourth-order valence-corrected chi connectivity index (χ4v) is 3.40. The van der Waals surface area contributed by atoms with Gasteiger partial charge >= 0.3 is 0 Å². The van der Waals surface area contributed by atoms with Gasteiger partial charge in [0, 0.05) is 6.54 Å². The lowest BCUT2D eigenvalue weighted by molar-refractivity contribution is -0.150. The lowest BCUT2D eigenvalue weighted by Crippen LogP contribution is -2.63. The van der Waals surface area contributed by atoms with Gasteiger partial charge in [-0.2, -0.15) is 0 Å². The van der Waals surface area contributed by atoms with Crippen LogP contribution < -0.4 is 5.32 Å². The van der Waals surface area contributed by atoms with Crippen LogP contribution in [-0.2, 0) is 16.1 Å². The van der Waals surface area contributed by atoms with E-state index < -0.39 is 12.1 Å². The van der Waals surface area contributed by atoms with Gasteiger partial charge in [0.05, 0.1) is 0 Å². The van der Waals surface area contributed by atoms with Crippen molar-refractivity contribution in [2.24, 2.45) is 0 Å². The molecule has 0 aliphatic carbocycles. The normalized spacial score (nSPS) is 25.1. The van der Waals surface area contributed by atoms with Crippen molar-refractivity contribution in [3.05, 3.63) is 60.2 Å². The van der Waals surface area contributed by atoms with Crippen LogP contribution in [0.5, 0.6) is 0 Å². The van der Waals surface area contributed by atoms with Crippen molar-refractivity contribution in [3.8, 4) is 0 Å². The molecule has 0 unspecified atom stereocenters. The van der Waals surface area contributed by atoms with Gasteiger partial charge in [-0.3, -0.25) is 9.59 Å². The highest BCUT2D eigenvalue weighted by Crippen LogP contribution is 2.23. The van der Waals surface area contributed by atoms with Gasteiger partial charge < -0.3 is 10.2 Å². The first-order valence-corrected chi connectivity index (χ1v) is 7.96. The van der Waals surface area contributed by atoms with Crippen LogP contribution in [0, 0.1) is 0 Å². The maximum Gasteiger partial charge on any atom is 0.246 e. The Morgan fingerprint density at radius 3 is 2.65 bits per heavy atom. The minimum Gasteiger partial charge on any atom is -0.342 e. The second-order valence-corrected chi connectivity index (χ2v) is 6.17. The largest absolute Gasteiger partial charge is 0.342 e. The standard InChI is InChI=1S/C19H18N2O2/c22-18-17-8-4-3-7-16(20-18)19(23)21(17)12-13-9-10-14-5-1-2-6-15(14)11-13/h1-6,9-11,16-17H,7-8,12H2,(H,20,22)/b4-3-/t16-,17-/m0/s1. The molecule has 23 heavy (non-hydrogen) atoms. The summed E-state index contributed by atoms with van der Waals surface area (Å²) in [6.45, 7) is 0.478. The second kappa shape index (κ2) is 5.54. The number of fused-ring (bicyclic) bond motifs is 5. The zero-order valence-electron chi connectivity index (χ0n) is 12.7. The van der Waals surface area contributed by atoms with E-state index in [1.54, 1.807) is 4.90 Å². The zero-order valence-corrected chi connectivity index (χ0v) is 12.7. The maximum atomic E-state index is 12.7. The van der Waals surface area contributed by atoms with Gasteiger partial charge in [0.25, 0.3) is 0 Å². The third kappa shape index (κ3) is 2.50. The number of nitrogens with zero attached hydrogens (tertiary/aromatic N) is 1. The monoisotopic (exact) mass is 306 g/mol. The van der Waals surface area contributed by atoms with Gasteiger partial charge in [-0.15, -0.1) is 0 Å². The predicted octanol–water partition coefficient (Wildman–Crippen LogP) is 2.39. The van der Waals surface area contributed by atoms with Crippen LogP contribution in [0.3, 0.4) is 0 Å². The van der Waals surface area contributed by atoms with Gasteiger partial charge in [-0.25, -0.2) is 0 Å². The predicted molar refractivity (Wildman–Crippen MR) is 88.6 cm³/mol. The van der Waals surface area contributed by atoms with Crippen molar-refractivity contribution < 1.29 is 9.59 Å². The summed E-state index contributed by atoms with van der Waals surface area (Å²) in [5.74, 6) is -0.0214. The molecule has 0 saturated carbocycles. The number of carbonyl (C=O) groups is 2. The van der Waals surface area contributed by atoms with E-state index in [2.05, 4.69) is 29.6 Å². The fraction of sp³-hybridized carbons (Fsp3) is 0.263. The zero-order chi connectivity index (χ0) is 15.8. The molecular formula is C19H18N2O2. The van der Waals surface area contributed by atoms with E-state index in [4.69, 9.17) is 0 Å². The molecule has 2 bridgehead atoms. The van der Waals surface area contributed by atoms with Crippen LogP contribution in [0.25, 0.3) is 10.8 Å². The first kappa shape index (κ1) is 14.0. The Morgan fingerprint density at radius 2 is 1.78 bits per heavy atom. The minimum absolute atomic E-state index is 0.0205. The molecule has 0 spiro atoms. The second-order valence-electron chi connectivity index (χ2n) is 6.17. The highest BCUT2D eigenvalue weighted by atomic mass is 16.2. The third-order valence-corrected chi connectivity index (χ3v) is 4.64. The van der Waals surface area contributed by atoms with Gasteiger partial charge in [-0.1, -0.05) is 48.6 Å². The van der Waals surface area contributed by atoms with Crippen LogP contribution in [0.1, 0.15) is 18.4 Å². The van der Waals surface area contributed by atoms with E-state index in [1.165, 1.54) is 5.39 Å². The molecule has 2 amide bonds. The van der Waals surface area contributed by atoms with E-state index in [9.17, 15) is 9.59 Å². The van der Waals surface area contributed by atoms with E-state index in [1.807, 2.05) is 30.4 Å². The van der Waals surface area contributed by atoms with Gasteiger partial charge in [-0.05, 0) is 35.2 Å². The topological polar surface area (TPSA) is 49.4 Å². The number of rotatable bonds is 2. The summed E-state index contributed by atoms with van der Waals surface area (Å²) in [5.41, 5.74) is 1.06. The number of nitrogens with one attached hydrogen (secondary N) is 1. The summed E-state index contributed by atoms with van der Waals surface area (Å²) in [4.78, 5) is 26.6. The molecule has 2 atom stereocenters. The van der Waals surface area contributed by atoms with Crippen molar-refractivity contribution in [1.82, 2.24) is 10.2 Å². The molecule has 4 heteroatoms. The summed E-state index contributed by atoms with van der Waals surface area (Å²) in [5, 5.41) is 5.16. The number of hydrogen-bond acceptors (Lipinski definition) is 2. The van der Waals surface area contributed by atoms with Crippen LogP contribution in [0.4, 0.5) is 0 Å². The molecular weight excluding hydrogens is 288 g/mol. The molecule has 0 radical (unpaired) electrons. The van der Waals surface area contributed by atoms with Crippen LogP contribution >= 0.6 is 0 Å². The van der Waals surface area contributed by atoms with Crippen molar-refractivity contribution in [2.45, 2.75) is 31.5 Å². The van der Waals surface area contributed by atoms with E-state index in [-0.39, 0.29) is 11.8 Å². The number of piperazine rings is 1. The maximum absolute atomic E-state index is 12.7. The average molecular weight is 306 g/mol. The Balaban J connectivity index is 1.66. The first-order chi connectivity index (χ1) is 11.2. The van der Waals surface area contributed by atoms with E-state index in [0.29, 0.717) is 19.4 Å². The Bertz CT molecular complexity index is 812. The molecule has 116 valence electrons. The lowest BCUT2D eigenvalue weighted by atomic mass is 9.97. The summed E-state index contributed by atoms with van der Waals surface area (Å²) in [6, 6.07) is 13.5. The van der Waals surface area contributed by atoms with Crippen LogP contribution in [0.15, 0.2) is 54.6 Å². The van der Waals surface area contributed by atoms with E-state index in [0.717, 1.165) is 10.9 Å². The van der Waals surface area contributed by atoms with Crippen molar-refractivity contribution in [1.29, 1.82) is 0 Å². The average Bonchev–Trinajstić information content (AvgIpc) is 2.55. The smallest absolute Gasteiger partial charge is 0.246 e. The summed E-state index contributed by atoms with van der Waals surface area (Å²) >= 11 is 0. The molecule has 1 fully saturated rings. The first-order valence-electron chi connectivity index (χ1n) is 7.96. The molecule has 2 aromatic rings. The Kier molecular flexibility index (Phi) is 3.37. The number of amides is 2. The van der Waals surface area contributed by atoms with Crippen LogP contribution in [-0.4, -0.2) is 28.8 Å². The van der Waals surface area contributed by atoms with Gasteiger partial charge in [0.2, 0.25) is 11.8 Å². The lowest BCUT2D eigenvalue weighted by Gasteiger charge is -2.39. The Hall–Kier alpha value is -2.62. The molecule has 2 aromatic carbocycles. The molecule has 1 saturated heterocycles. The molecule has 4 nitrogen and oxygen atoms in total. The minimum atomic E-state index is -0.421. The fourth-order valence-electron chi connectivity index (χ4n) is 3.40. The molecule has 3 aliphatic heterocycles. The van der Waals surface area contributed by atoms with Crippen molar-refractivity contribution in [3.63, 3.8) is 0 Å². The molecule has 3 heterocycles.